The molecule has 0 atom stereocenters. The van der Waals surface area contributed by atoms with Gasteiger partial charge < -0.3 is 3.83 Å². The maximum atomic E-state index is 10.7. The lowest BCUT2D eigenvalue weighted by molar-refractivity contribution is -0.128. The second-order valence-electron chi connectivity index (χ2n) is 2.04. The predicted molar refractivity (Wildman–Crippen MR) is 43.7 cm³/mol. The first kappa shape index (κ1) is 9.69. The van der Waals surface area contributed by atoms with Crippen LogP contribution in [-0.4, -0.2) is 5.97 Å². The first-order valence-electron chi connectivity index (χ1n) is 3.22. The van der Waals surface area contributed by atoms with Gasteiger partial charge in [0.25, 0.3) is 0 Å². The van der Waals surface area contributed by atoms with Crippen molar-refractivity contribution in [3.05, 3.63) is 11.6 Å². The summed E-state index contributed by atoms with van der Waals surface area (Å²) in [7, 11) is 0. The molecule has 0 saturated carbocycles. The van der Waals surface area contributed by atoms with Crippen molar-refractivity contribution in [3.8, 4) is 0 Å². The molecular weight excluding hydrogens is 196 g/mol. The van der Waals surface area contributed by atoms with Crippen LogP contribution in [0.3, 0.4) is 0 Å². The van der Waals surface area contributed by atoms with E-state index in [2.05, 4.69) is 27.0 Å². The van der Waals surface area contributed by atoms with Crippen LogP contribution in [0.4, 0.5) is 0 Å². The van der Waals surface area contributed by atoms with Crippen LogP contribution < -0.4 is 0 Å². The molecule has 0 amide bonds. The monoisotopic (exact) mass is 206 g/mol. The molecule has 0 bridgehead atoms. The van der Waals surface area contributed by atoms with E-state index in [-0.39, 0.29) is 5.97 Å². The summed E-state index contributed by atoms with van der Waals surface area (Å²) in [4.78, 5) is 10.7. The molecule has 0 saturated heterocycles. The molecule has 10 heavy (non-hydrogen) atoms. The minimum atomic E-state index is -0.312. The van der Waals surface area contributed by atoms with Crippen molar-refractivity contribution in [3.63, 3.8) is 0 Å². The van der Waals surface area contributed by atoms with Gasteiger partial charge in [-0.3, -0.25) is 0 Å². The number of hydrogen-bond acceptors (Lipinski definition) is 2. The summed E-state index contributed by atoms with van der Waals surface area (Å²) < 4.78 is 4.31. The van der Waals surface area contributed by atoms with Crippen LogP contribution in [-0.2, 0) is 8.62 Å². The molecule has 0 aromatic carbocycles. The van der Waals surface area contributed by atoms with E-state index in [9.17, 15) is 4.79 Å². The number of allylic oxidation sites excluding steroid dienone is 1. The Morgan fingerprint density at radius 2 is 2.30 bits per heavy atom. The zero-order valence-corrected chi connectivity index (χ0v) is 7.77. The lowest BCUT2D eigenvalue weighted by atomic mass is 10.2. The van der Waals surface area contributed by atoms with Crippen LogP contribution in [0.1, 0.15) is 26.7 Å². The third-order valence-electron chi connectivity index (χ3n) is 1.13. The number of halogens is 1. The SMILES string of the molecule is CCCC=C(C)C(=O)OBr. The minimum Gasteiger partial charge on any atom is -0.380 e. The highest BCUT2D eigenvalue weighted by atomic mass is 79.9. The van der Waals surface area contributed by atoms with E-state index < -0.39 is 0 Å². The van der Waals surface area contributed by atoms with Crippen LogP contribution in [0, 0.1) is 0 Å². The van der Waals surface area contributed by atoms with Gasteiger partial charge in [-0.25, -0.2) is 4.79 Å². The second-order valence-corrected chi connectivity index (χ2v) is 2.36. The van der Waals surface area contributed by atoms with Gasteiger partial charge in [0.2, 0.25) is 0 Å². The van der Waals surface area contributed by atoms with Gasteiger partial charge in [-0.1, -0.05) is 19.4 Å². The summed E-state index contributed by atoms with van der Waals surface area (Å²) in [6, 6.07) is 0. The Morgan fingerprint density at radius 1 is 1.70 bits per heavy atom. The summed E-state index contributed by atoms with van der Waals surface area (Å²) in [5, 5.41) is 0. The molecule has 0 fully saturated rings. The third kappa shape index (κ3) is 3.67. The molecule has 0 aromatic heterocycles. The fraction of sp³-hybridized carbons (Fsp3) is 0.571. The highest BCUT2D eigenvalue weighted by Gasteiger charge is 2.01. The van der Waals surface area contributed by atoms with Crippen molar-refractivity contribution >= 4 is 22.2 Å². The Hall–Kier alpha value is -0.310. The van der Waals surface area contributed by atoms with Gasteiger partial charge in [-0.2, -0.15) is 0 Å². The first-order chi connectivity index (χ1) is 4.72. The topological polar surface area (TPSA) is 26.3 Å². The van der Waals surface area contributed by atoms with Crippen LogP contribution in [0.15, 0.2) is 11.6 Å². The lowest BCUT2D eigenvalue weighted by Crippen LogP contribution is -1.97. The van der Waals surface area contributed by atoms with Gasteiger partial charge in [0.1, 0.15) is 0 Å². The van der Waals surface area contributed by atoms with Crippen molar-refractivity contribution < 1.29 is 8.62 Å². The van der Waals surface area contributed by atoms with Gasteiger partial charge in [-0.15, -0.1) is 0 Å². The zero-order chi connectivity index (χ0) is 7.98. The Morgan fingerprint density at radius 3 is 2.70 bits per heavy atom. The lowest BCUT2D eigenvalue weighted by Gasteiger charge is -1.93. The van der Waals surface area contributed by atoms with Crippen LogP contribution in [0.2, 0.25) is 0 Å². The highest BCUT2D eigenvalue weighted by molar-refractivity contribution is 9.06. The summed E-state index contributed by atoms with van der Waals surface area (Å²) in [6.45, 7) is 3.79. The largest absolute Gasteiger partial charge is 0.380 e. The maximum Gasteiger partial charge on any atom is 0.344 e. The van der Waals surface area contributed by atoms with Crippen LogP contribution in [0.5, 0.6) is 0 Å². The maximum absolute atomic E-state index is 10.7. The molecule has 0 heterocycles. The number of hydrogen-bond donors (Lipinski definition) is 0. The number of carbonyl (C=O) groups is 1. The summed E-state index contributed by atoms with van der Waals surface area (Å²) in [5.74, 6) is -0.312. The van der Waals surface area contributed by atoms with Crippen LogP contribution in [0.25, 0.3) is 0 Å². The average Bonchev–Trinajstić information content (AvgIpc) is 1.98. The third-order valence-corrected chi connectivity index (χ3v) is 1.43. The minimum absolute atomic E-state index is 0.312. The van der Waals surface area contributed by atoms with Gasteiger partial charge in [-0.05, 0) is 13.3 Å². The van der Waals surface area contributed by atoms with Crippen molar-refractivity contribution in [2.75, 3.05) is 0 Å². The van der Waals surface area contributed by atoms with E-state index in [1.165, 1.54) is 0 Å². The Balaban J connectivity index is 3.80. The predicted octanol–water partition coefficient (Wildman–Crippen LogP) is 2.59. The molecule has 0 aliphatic heterocycles. The molecule has 0 N–H and O–H groups in total. The van der Waals surface area contributed by atoms with Gasteiger partial charge in [0.05, 0.1) is 0 Å². The average molecular weight is 207 g/mol. The Kier molecular flexibility index (Phi) is 5.30. The second kappa shape index (κ2) is 5.47. The number of carbonyl (C=O) groups excluding carboxylic acids is 1. The van der Waals surface area contributed by atoms with E-state index in [4.69, 9.17) is 0 Å². The Labute approximate surface area is 69.7 Å². The fourth-order valence-electron chi connectivity index (χ4n) is 0.505. The summed E-state index contributed by atoms with van der Waals surface area (Å²) in [5.41, 5.74) is 0.652. The number of rotatable bonds is 3. The standard InChI is InChI=1S/C7H11BrO2/c1-3-4-5-6(2)7(9)10-8/h5H,3-4H2,1-2H3. The molecular formula is C7H11BrO2. The molecule has 0 unspecified atom stereocenters. The first-order valence-corrected chi connectivity index (χ1v) is 3.86. The molecule has 0 spiro atoms. The molecule has 0 aliphatic rings. The van der Waals surface area contributed by atoms with E-state index in [0.717, 1.165) is 12.8 Å². The molecule has 58 valence electrons. The zero-order valence-electron chi connectivity index (χ0n) is 6.19. The van der Waals surface area contributed by atoms with Gasteiger partial charge >= 0.3 is 5.97 Å². The fourth-order valence-corrected chi connectivity index (χ4v) is 0.760. The van der Waals surface area contributed by atoms with Crippen molar-refractivity contribution in [1.82, 2.24) is 0 Å². The van der Waals surface area contributed by atoms with E-state index >= 15 is 0 Å². The molecule has 0 radical (unpaired) electrons. The molecule has 0 aromatic rings. The van der Waals surface area contributed by atoms with E-state index in [1.54, 1.807) is 6.92 Å². The van der Waals surface area contributed by atoms with E-state index in [1.807, 2.05) is 6.08 Å². The van der Waals surface area contributed by atoms with Crippen molar-refractivity contribution in [2.45, 2.75) is 26.7 Å². The normalized spacial score (nSPS) is 11.3. The van der Waals surface area contributed by atoms with Gasteiger partial charge in [0.15, 0.2) is 16.3 Å². The number of unbranched alkanes of at least 4 members (excludes halogenated alkanes) is 1. The summed E-state index contributed by atoms with van der Waals surface area (Å²) >= 11 is 2.62. The highest BCUT2D eigenvalue weighted by Crippen LogP contribution is 2.02. The summed E-state index contributed by atoms with van der Waals surface area (Å²) in [6.07, 6.45) is 3.84. The molecule has 3 heteroatoms. The quantitative estimate of drug-likeness (QED) is 0.664. The smallest absolute Gasteiger partial charge is 0.344 e. The molecule has 0 rings (SSSR count). The van der Waals surface area contributed by atoms with Crippen LogP contribution >= 0.6 is 16.3 Å². The van der Waals surface area contributed by atoms with Crippen molar-refractivity contribution in [1.29, 1.82) is 0 Å². The Bertz CT molecular complexity index is 141. The molecule has 2 nitrogen and oxygen atoms in total. The van der Waals surface area contributed by atoms with Crippen molar-refractivity contribution in [2.24, 2.45) is 0 Å². The molecule has 0 aliphatic carbocycles. The van der Waals surface area contributed by atoms with Gasteiger partial charge in [0, 0.05) is 5.57 Å². The van der Waals surface area contributed by atoms with E-state index in [0.29, 0.717) is 5.57 Å².